The third-order valence-electron chi connectivity index (χ3n) is 2.26. The van der Waals surface area contributed by atoms with E-state index in [4.69, 9.17) is 0 Å². The average Bonchev–Trinajstić information content (AvgIpc) is 2.28. The van der Waals surface area contributed by atoms with Gasteiger partial charge in [-0.3, -0.25) is 0 Å². The quantitative estimate of drug-likeness (QED) is 0.543. The maximum atomic E-state index is 10.7. The summed E-state index contributed by atoms with van der Waals surface area (Å²) in [6.45, 7) is 3.52. The molecule has 0 aliphatic carbocycles. The van der Waals surface area contributed by atoms with E-state index in [2.05, 4.69) is 11.8 Å². The first-order valence-electron chi connectivity index (χ1n) is 6.13. The molecule has 0 saturated carbocycles. The van der Waals surface area contributed by atoms with Crippen molar-refractivity contribution in [3.05, 3.63) is 24.3 Å². The van der Waals surface area contributed by atoms with Gasteiger partial charge in [-0.05, 0) is 44.9 Å². The van der Waals surface area contributed by atoms with Gasteiger partial charge in [0, 0.05) is 6.42 Å². The Balaban J connectivity index is 3.56. The van der Waals surface area contributed by atoms with Gasteiger partial charge in [0.25, 0.3) is 0 Å². The molecular weight excluding hydrogens is 212 g/mol. The summed E-state index contributed by atoms with van der Waals surface area (Å²) in [7, 11) is 0. The first-order chi connectivity index (χ1) is 8.16. The number of ketones is 1. The van der Waals surface area contributed by atoms with E-state index < -0.39 is 6.10 Å². The predicted molar refractivity (Wildman–Crippen MR) is 71.5 cm³/mol. The maximum Gasteiger partial charge on any atom is 0.129 e. The molecule has 0 bridgehead atoms. The van der Waals surface area contributed by atoms with E-state index in [0.29, 0.717) is 6.42 Å². The normalized spacial score (nSPS) is 12.6. The number of allylic oxidation sites excluding steroid dienone is 3. The Morgan fingerprint density at radius 1 is 1.24 bits per heavy atom. The molecule has 2 heteroatoms. The molecule has 0 aliphatic rings. The van der Waals surface area contributed by atoms with Crippen molar-refractivity contribution < 1.29 is 9.90 Å². The van der Waals surface area contributed by atoms with Gasteiger partial charge in [-0.15, -0.1) is 0 Å². The van der Waals surface area contributed by atoms with Crippen molar-refractivity contribution in [2.24, 2.45) is 0 Å². The number of unbranched alkanes of at least 4 members (excludes halogenated alkanes) is 2. The molecule has 2 nitrogen and oxygen atoms in total. The topological polar surface area (TPSA) is 37.3 Å². The van der Waals surface area contributed by atoms with E-state index in [1.54, 1.807) is 25.2 Å². The number of aliphatic hydroxyl groups is 1. The lowest BCUT2D eigenvalue weighted by Gasteiger charge is -2.03. The Bertz CT molecular complexity index is 316. The van der Waals surface area contributed by atoms with E-state index in [0.717, 1.165) is 25.7 Å². The summed E-state index contributed by atoms with van der Waals surface area (Å²) in [5.41, 5.74) is 0. The van der Waals surface area contributed by atoms with Crippen LogP contribution in [0.15, 0.2) is 24.3 Å². The summed E-state index contributed by atoms with van der Waals surface area (Å²) >= 11 is 0. The van der Waals surface area contributed by atoms with E-state index in [9.17, 15) is 9.90 Å². The summed E-state index contributed by atoms with van der Waals surface area (Å²) in [6.07, 6.45) is 10.8. The summed E-state index contributed by atoms with van der Waals surface area (Å²) in [5.74, 6) is 5.87. The SMILES string of the molecule is CC=CC#CC=CC(O)CCCCCC(C)=O. The number of Topliss-reactive ketones (excluding diaryl/α,β-unsaturated/α-hetero) is 1. The van der Waals surface area contributed by atoms with Crippen LogP contribution in [0.2, 0.25) is 0 Å². The molecule has 0 rings (SSSR count). The molecule has 94 valence electrons. The van der Waals surface area contributed by atoms with E-state index in [-0.39, 0.29) is 5.78 Å². The van der Waals surface area contributed by atoms with Gasteiger partial charge in [0.2, 0.25) is 0 Å². The van der Waals surface area contributed by atoms with Crippen molar-refractivity contribution in [1.29, 1.82) is 0 Å². The van der Waals surface area contributed by atoms with Crippen LogP contribution < -0.4 is 0 Å². The van der Waals surface area contributed by atoms with Crippen molar-refractivity contribution >= 4 is 5.78 Å². The van der Waals surface area contributed by atoms with Crippen molar-refractivity contribution in [3.63, 3.8) is 0 Å². The highest BCUT2D eigenvalue weighted by molar-refractivity contribution is 5.75. The lowest BCUT2D eigenvalue weighted by molar-refractivity contribution is -0.117. The minimum Gasteiger partial charge on any atom is -0.389 e. The molecule has 0 heterocycles. The second-order valence-electron chi connectivity index (χ2n) is 4.02. The van der Waals surface area contributed by atoms with Gasteiger partial charge in [0.1, 0.15) is 5.78 Å². The molecular formula is C15H22O2. The standard InChI is InChI=1S/C15H22O2/c1-3-4-5-6-9-12-15(17)13-10-7-8-11-14(2)16/h3-4,9,12,15,17H,7-8,10-11,13H2,1-2H3. The molecule has 0 aromatic rings. The van der Waals surface area contributed by atoms with Crippen LogP contribution in [0.3, 0.4) is 0 Å². The molecule has 1 atom stereocenters. The fraction of sp³-hybridized carbons (Fsp3) is 0.533. The van der Waals surface area contributed by atoms with Crippen LogP contribution in [0.4, 0.5) is 0 Å². The van der Waals surface area contributed by atoms with Crippen LogP contribution in [-0.2, 0) is 4.79 Å². The van der Waals surface area contributed by atoms with Gasteiger partial charge in [0.15, 0.2) is 0 Å². The molecule has 0 spiro atoms. The summed E-state index contributed by atoms with van der Waals surface area (Å²) < 4.78 is 0. The lowest BCUT2D eigenvalue weighted by atomic mass is 10.1. The fourth-order valence-electron chi connectivity index (χ4n) is 1.34. The van der Waals surface area contributed by atoms with Crippen LogP contribution >= 0.6 is 0 Å². The lowest BCUT2D eigenvalue weighted by Crippen LogP contribution is -2.01. The number of carbonyl (C=O) groups excluding carboxylic acids is 1. The summed E-state index contributed by atoms with van der Waals surface area (Å²) in [5, 5.41) is 9.57. The molecule has 0 radical (unpaired) electrons. The third-order valence-corrected chi connectivity index (χ3v) is 2.26. The van der Waals surface area contributed by atoms with Crippen LogP contribution in [0.5, 0.6) is 0 Å². The van der Waals surface area contributed by atoms with Crippen molar-refractivity contribution in [2.45, 2.75) is 52.1 Å². The predicted octanol–water partition coefficient (Wildman–Crippen LogP) is 3.02. The molecule has 0 fully saturated rings. The molecule has 1 N–H and O–H groups in total. The Kier molecular flexibility index (Phi) is 10.3. The zero-order chi connectivity index (χ0) is 12.9. The summed E-state index contributed by atoms with van der Waals surface area (Å²) in [4.78, 5) is 10.7. The maximum absolute atomic E-state index is 10.7. The van der Waals surface area contributed by atoms with Crippen LogP contribution in [0.1, 0.15) is 46.0 Å². The number of hydrogen-bond donors (Lipinski definition) is 1. The zero-order valence-electron chi connectivity index (χ0n) is 10.8. The number of aliphatic hydroxyl groups excluding tert-OH is 1. The molecule has 0 aromatic carbocycles. The minimum absolute atomic E-state index is 0.240. The second-order valence-corrected chi connectivity index (χ2v) is 4.02. The number of carbonyl (C=O) groups is 1. The van der Waals surface area contributed by atoms with Crippen molar-refractivity contribution in [1.82, 2.24) is 0 Å². The Labute approximate surface area is 104 Å². The monoisotopic (exact) mass is 234 g/mol. The molecule has 17 heavy (non-hydrogen) atoms. The van der Waals surface area contributed by atoms with Gasteiger partial charge in [-0.2, -0.15) is 0 Å². The van der Waals surface area contributed by atoms with Crippen molar-refractivity contribution in [3.8, 4) is 11.8 Å². The molecule has 0 amide bonds. The summed E-state index contributed by atoms with van der Waals surface area (Å²) in [6, 6.07) is 0. The van der Waals surface area contributed by atoms with Gasteiger partial charge >= 0.3 is 0 Å². The average molecular weight is 234 g/mol. The Morgan fingerprint density at radius 3 is 2.59 bits per heavy atom. The number of hydrogen-bond acceptors (Lipinski definition) is 2. The highest BCUT2D eigenvalue weighted by Gasteiger charge is 1.99. The molecule has 0 saturated heterocycles. The third kappa shape index (κ3) is 12.6. The second kappa shape index (κ2) is 11.2. The van der Waals surface area contributed by atoms with Gasteiger partial charge in [0.05, 0.1) is 6.10 Å². The first-order valence-corrected chi connectivity index (χ1v) is 6.13. The van der Waals surface area contributed by atoms with E-state index in [1.165, 1.54) is 0 Å². The van der Waals surface area contributed by atoms with Crippen LogP contribution in [-0.4, -0.2) is 17.0 Å². The van der Waals surface area contributed by atoms with E-state index >= 15 is 0 Å². The van der Waals surface area contributed by atoms with Gasteiger partial charge in [-0.25, -0.2) is 0 Å². The zero-order valence-corrected chi connectivity index (χ0v) is 10.8. The molecule has 0 aliphatic heterocycles. The highest BCUT2D eigenvalue weighted by atomic mass is 16.3. The van der Waals surface area contributed by atoms with Crippen LogP contribution in [0.25, 0.3) is 0 Å². The fourth-order valence-corrected chi connectivity index (χ4v) is 1.34. The Hall–Kier alpha value is -1.33. The molecule has 0 aromatic heterocycles. The largest absolute Gasteiger partial charge is 0.389 e. The van der Waals surface area contributed by atoms with Crippen molar-refractivity contribution in [2.75, 3.05) is 0 Å². The highest BCUT2D eigenvalue weighted by Crippen LogP contribution is 2.06. The van der Waals surface area contributed by atoms with Gasteiger partial charge < -0.3 is 9.90 Å². The van der Waals surface area contributed by atoms with E-state index in [1.807, 2.05) is 13.0 Å². The van der Waals surface area contributed by atoms with Crippen LogP contribution in [0, 0.1) is 11.8 Å². The minimum atomic E-state index is -0.424. The Morgan fingerprint density at radius 2 is 1.94 bits per heavy atom. The number of rotatable bonds is 7. The smallest absolute Gasteiger partial charge is 0.129 e. The first kappa shape index (κ1) is 15.7. The molecule has 1 unspecified atom stereocenters. The van der Waals surface area contributed by atoms with Gasteiger partial charge in [-0.1, -0.05) is 30.8 Å².